The molecule has 0 heterocycles. The molecular weight excluding hydrogens is 368 g/mol. The highest BCUT2D eigenvalue weighted by Crippen LogP contribution is 2.24. The first-order valence-electron chi connectivity index (χ1n) is 8.75. The predicted octanol–water partition coefficient (Wildman–Crippen LogP) is 4.52. The van der Waals surface area contributed by atoms with Crippen molar-refractivity contribution in [3.8, 4) is 0 Å². The van der Waals surface area contributed by atoms with E-state index in [1.807, 2.05) is 24.3 Å². The van der Waals surface area contributed by atoms with Gasteiger partial charge in [-0.2, -0.15) is 0 Å². The van der Waals surface area contributed by atoms with E-state index < -0.39 is 10.8 Å². The number of rotatable bonds is 5. The maximum Gasteiger partial charge on any atom is 0.257 e. The van der Waals surface area contributed by atoms with Crippen molar-refractivity contribution in [2.24, 2.45) is 0 Å². The SMILES string of the molecule is Cl.Nc1ccccc1C(=O)Nc1cccc(CS(=O)C2CCCCC2)c1. The summed E-state index contributed by atoms with van der Waals surface area (Å²) >= 11 is 0. The molecular formula is C20H25ClN2O2S. The zero-order valence-corrected chi connectivity index (χ0v) is 16.3. The minimum atomic E-state index is -0.851. The molecule has 0 spiro atoms. The molecule has 3 rings (SSSR count). The Labute approximate surface area is 163 Å². The van der Waals surface area contributed by atoms with Gasteiger partial charge in [-0.1, -0.05) is 43.5 Å². The van der Waals surface area contributed by atoms with Gasteiger partial charge in [0.05, 0.1) is 5.56 Å². The highest BCUT2D eigenvalue weighted by molar-refractivity contribution is 7.84. The fourth-order valence-corrected chi connectivity index (χ4v) is 4.85. The standard InChI is InChI=1S/C20H24N2O2S.ClH/c21-19-12-5-4-11-18(19)20(23)22-16-8-6-7-15(13-16)14-25(24)17-9-2-1-3-10-17;/h4-8,11-13,17H,1-3,9-10,14,21H2,(H,22,23);1H. The second-order valence-corrected chi connectivity index (χ2v) is 8.24. The summed E-state index contributed by atoms with van der Waals surface area (Å²) in [6.07, 6.45) is 5.76. The Morgan fingerprint density at radius 1 is 1.08 bits per heavy atom. The molecule has 2 aromatic carbocycles. The molecule has 0 bridgehead atoms. The van der Waals surface area contributed by atoms with Crippen LogP contribution in [0, 0.1) is 0 Å². The fraction of sp³-hybridized carbons (Fsp3) is 0.350. The highest BCUT2D eigenvalue weighted by Gasteiger charge is 2.20. The summed E-state index contributed by atoms with van der Waals surface area (Å²) in [6, 6.07) is 14.6. The molecule has 3 N–H and O–H groups in total. The third kappa shape index (κ3) is 5.32. The van der Waals surface area contributed by atoms with Crippen molar-refractivity contribution in [3.05, 3.63) is 59.7 Å². The number of carbonyl (C=O) groups is 1. The van der Waals surface area contributed by atoms with Crippen molar-refractivity contribution in [3.63, 3.8) is 0 Å². The van der Waals surface area contributed by atoms with Crippen LogP contribution in [0.1, 0.15) is 48.0 Å². The molecule has 26 heavy (non-hydrogen) atoms. The number of hydrogen-bond acceptors (Lipinski definition) is 3. The van der Waals surface area contributed by atoms with Gasteiger partial charge in [-0.05, 0) is 42.7 Å². The van der Waals surface area contributed by atoms with Gasteiger partial charge < -0.3 is 11.1 Å². The minimum Gasteiger partial charge on any atom is -0.398 e. The maximum atomic E-state index is 12.6. The molecule has 0 saturated heterocycles. The zero-order valence-electron chi connectivity index (χ0n) is 14.6. The quantitative estimate of drug-likeness (QED) is 0.734. The number of anilines is 2. The van der Waals surface area contributed by atoms with Crippen LogP contribution >= 0.6 is 12.4 Å². The van der Waals surface area contributed by atoms with Crippen molar-refractivity contribution >= 4 is 40.5 Å². The molecule has 1 unspecified atom stereocenters. The summed E-state index contributed by atoms with van der Waals surface area (Å²) < 4.78 is 12.6. The van der Waals surface area contributed by atoms with Gasteiger partial charge in [0, 0.05) is 33.2 Å². The molecule has 1 saturated carbocycles. The van der Waals surface area contributed by atoms with E-state index in [0.717, 1.165) is 18.4 Å². The summed E-state index contributed by atoms with van der Waals surface area (Å²) in [5.41, 5.74) is 8.45. The van der Waals surface area contributed by atoms with Gasteiger partial charge >= 0.3 is 0 Å². The van der Waals surface area contributed by atoms with Crippen molar-refractivity contribution in [1.82, 2.24) is 0 Å². The summed E-state index contributed by atoms with van der Waals surface area (Å²) in [5.74, 6) is 0.311. The Hall–Kier alpha value is -1.85. The lowest BCUT2D eigenvalue weighted by Gasteiger charge is -2.21. The smallest absolute Gasteiger partial charge is 0.257 e. The van der Waals surface area contributed by atoms with Crippen LogP contribution in [0.25, 0.3) is 0 Å². The topological polar surface area (TPSA) is 72.2 Å². The number of para-hydroxylation sites is 1. The summed E-state index contributed by atoms with van der Waals surface area (Å²) in [5, 5.41) is 3.19. The largest absolute Gasteiger partial charge is 0.398 e. The Morgan fingerprint density at radius 2 is 1.81 bits per heavy atom. The normalized spacial score (nSPS) is 15.7. The number of amides is 1. The average molecular weight is 393 g/mol. The summed E-state index contributed by atoms with van der Waals surface area (Å²) in [7, 11) is -0.851. The van der Waals surface area contributed by atoms with E-state index in [2.05, 4.69) is 5.32 Å². The van der Waals surface area contributed by atoms with Crippen LogP contribution in [-0.4, -0.2) is 15.4 Å². The maximum absolute atomic E-state index is 12.6. The van der Waals surface area contributed by atoms with Gasteiger partial charge in [0.2, 0.25) is 0 Å². The molecule has 4 nitrogen and oxygen atoms in total. The van der Waals surface area contributed by atoms with Crippen molar-refractivity contribution < 1.29 is 9.00 Å². The van der Waals surface area contributed by atoms with E-state index in [0.29, 0.717) is 27.9 Å². The number of benzene rings is 2. The lowest BCUT2D eigenvalue weighted by molar-refractivity contribution is 0.102. The molecule has 1 atom stereocenters. The first-order valence-corrected chi connectivity index (χ1v) is 10.1. The highest BCUT2D eigenvalue weighted by atomic mass is 35.5. The van der Waals surface area contributed by atoms with Crippen LogP contribution < -0.4 is 11.1 Å². The Balaban J connectivity index is 0.00000243. The van der Waals surface area contributed by atoms with Gasteiger partial charge in [0.15, 0.2) is 0 Å². The lowest BCUT2D eigenvalue weighted by atomic mass is 10.0. The van der Waals surface area contributed by atoms with Crippen LogP contribution in [-0.2, 0) is 16.6 Å². The van der Waals surface area contributed by atoms with E-state index in [1.54, 1.807) is 24.3 Å². The Bertz CT molecular complexity index is 776. The second-order valence-electron chi connectivity index (χ2n) is 6.53. The number of nitrogens with two attached hydrogens (primary N) is 1. The summed E-state index contributed by atoms with van der Waals surface area (Å²) in [4.78, 5) is 12.4. The molecule has 1 fully saturated rings. The molecule has 0 aliphatic heterocycles. The molecule has 6 heteroatoms. The third-order valence-electron chi connectivity index (χ3n) is 4.62. The van der Waals surface area contributed by atoms with E-state index in [-0.39, 0.29) is 18.3 Å². The van der Waals surface area contributed by atoms with Gasteiger partial charge in [-0.3, -0.25) is 9.00 Å². The number of hydrogen-bond donors (Lipinski definition) is 2. The number of nitrogen functional groups attached to an aromatic ring is 1. The predicted molar refractivity (Wildman–Crippen MR) is 111 cm³/mol. The first kappa shape index (κ1) is 20.5. The van der Waals surface area contributed by atoms with Gasteiger partial charge in [-0.25, -0.2) is 0 Å². The monoisotopic (exact) mass is 392 g/mol. The molecule has 140 valence electrons. The van der Waals surface area contributed by atoms with Gasteiger partial charge in [0.25, 0.3) is 5.91 Å². The third-order valence-corrected chi connectivity index (χ3v) is 6.46. The molecule has 2 aromatic rings. The Kier molecular flexibility index (Phi) is 7.66. The molecule has 1 aliphatic carbocycles. The second kappa shape index (κ2) is 9.74. The van der Waals surface area contributed by atoms with E-state index in [9.17, 15) is 9.00 Å². The fourth-order valence-electron chi connectivity index (χ4n) is 3.25. The van der Waals surface area contributed by atoms with E-state index in [1.165, 1.54) is 19.3 Å². The lowest BCUT2D eigenvalue weighted by Crippen LogP contribution is -2.20. The van der Waals surface area contributed by atoms with Crippen LogP contribution in [0.4, 0.5) is 11.4 Å². The van der Waals surface area contributed by atoms with Crippen molar-refractivity contribution in [2.75, 3.05) is 11.1 Å². The van der Waals surface area contributed by atoms with Gasteiger partial charge in [-0.15, -0.1) is 12.4 Å². The zero-order chi connectivity index (χ0) is 17.6. The molecule has 0 radical (unpaired) electrons. The number of nitrogens with one attached hydrogen (secondary N) is 1. The molecule has 0 aromatic heterocycles. The van der Waals surface area contributed by atoms with E-state index in [4.69, 9.17) is 5.73 Å². The summed E-state index contributed by atoms with van der Waals surface area (Å²) in [6.45, 7) is 0. The average Bonchev–Trinajstić information content (AvgIpc) is 2.63. The Morgan fingerprint density at radius 3 is 2.54 bits per heavy atom. The van der Waals surface area contributed by atoms with Crippen molar-refractivity contribution in [1.29, 1.82) is 0 Å². The van der Waals surface area contributed by atoms with Crippen LogP contribution in [0.15, 0.2) is 48.5 Å². The minimum absolute atomic E-state index is 0. The van der Waals surface area contributed by atoms with Gasteiger partial charge in [0.1, 0.15) is 0 Å². The van der Waals surface area contributed by atoms with Crippen LogP contribution in [0.3, 0.4) is 0 Å². The molecule has 1 aliphatic rings. The number of halogens is 1. The van der Waals surface area contributed by atoms with Crippen LogP contribution in [0.5, 0.6) is 0 Å². The first-order chi connectivity index (χ1) is 12.1. The van der Waals surface area contributed by atoms with Crippen molar-refractivity contribution in [2.45, 2.75) is 43.1 Å². The number of carbonyl (C=O) groups excluding carboxylic acids is 1. The van der Waals surface area contributed by atoms with Crippen LogP contribution in [0.2, 0.25) is 0 Å². The van der Waals surface area contributed by atoms with E-state index >= 15 is 0 Å². The molecule has 1 amide bonds.